The second-order valence-corrected chi connectivity index (χ2v) is 8.71. The number of anilines is 1. The molecular weight excluding hydrogens is 440 g/mol. The van der Waals surface area contributed by atoms with Crippen LogP contribution in [0.1, 0.15) is 43.0 Å². The predicted molar refractivity (Wildman–Crippen MR) is 126 cm³/mol. The van der Waals surface area contributed by atoms with E-state index in [0.29, 0.717) is 22.4 Å². The second kappa shape index (κ2) is 12.0. The molecule has 0 aliphatic heterocycles. The molecule has 0 unspecified atom stereocenters. The first-order chi connectivity index (χ1) is 16.0. The molecule has 0 bridgehead atoms. The average molecular weight is 473 g/mol. The highest BCUT2D eigenvalue weighted by Crippen LogP contribution is 2.24. The van der Waals surface area contributed by atoms with E-state index in [0.717, 1.165) is 5.56 Å². The predicted octanol–water partition coefficient (Wildman–Crippen LogP) is 3.84. The van der Waals surface area contributed by atoms with Crippen molar-refractivity contribution in [2.24, 2.45) is 0 Å². The lowest BCUT2D eigenvalue weighted by molar-refractivity contribution is -0.143. The molecule has 0 aliphatic carbocycles. The highest BCUT2D eigenvalue weighted by molar-refractivity contribution is 5.86. The van der Waals surface area contributed by atoms with E-state index < -0.39 is 29.8 Å². The molecule has 0 aromatic heterocycles. The van der Waals surface area contributed by atoms with E-state index in [1.807, 2.05) is 30.3 Å². The summed E-state index contributed by atoms with van der Waals surface area (Å²) in [6.45, 7) is 6.75. The molecule has 184 valence electrons. The van der Waals surface area contributed by atoms with Crippen molar-refractivity contribution in [1.29, 1.82) is 0 Å². The summed E-state index contributed by atoms with van der Waals surface area (Å²) in [5, 5.41) is 15.1. The average Bonchev–Trinajstić information content (AvgIpc) is 2.77. The van der Waals surface area contributed by atoms with Gasteiger partial charge in [-0.05, 0) is 56.0 Å². The van der Waals surface area contributed by atoms with E-state index in [2.05, 4.69) is 10.6 Å². The molecule has 1 atom stereocenters. The van der Waals surface area contributed by atoms with Crippen molar-refractivity contribution in [3.8, 4) is 0 Å². The van der Waals surface area contributed by atoms with Gasteiger partial charge in [0.05, 0.1) is 13.7 Å². The number of rotatable bonds is 8. The number of hydrogen-bond acceptors (Lipinski definition) is 7. The molecule has 2 aromatic carbocycles. The summed E-state index contributed by atoms with van der Waals surface area (Å²) in [5.74, 6) is -0.658. The van der Waals surface area contributed by atoms with Crippen LogP contribution < -0.4 is 10.6 Å². The number of hydrogen-bond donors (Lipinski definition) is 3. The summed E-state index contributed by atoms with van der Waals surface area (Å²) in [6, 6.07) is 11.4. The molecule has 2 aromatic rings. The quantitative estimate of drug-likeness (QED) is 0.394. The van der Waals surface area contributed by atoms with Gasteiger partial charge in [-0.15, -0.1) is 0 Å². The van der Waals surface area contributed by atoms with Crippen molar-refractivity contribution in [1.82, 2.24) is 5.32 Å². The zero-order valence-corrected chi connectivity index (χ0v) is 20.1. The molecule has 0 aliphatic rings. The van der Waals surface area contributed by atoms with Crippen LogP contribution in [0.25, 0.3) is 0 Å². The van der Waals surface area contributed by atoms with Gasteiger partial charge in [-0.2, -0.15) is 0 Å². The number of carbonyl (C=O) groups is 3. The molecule has 3 N–H and O–H groups in total. The monoisotopic (exact) mass is 472 g/mol. The van der Waals surface area contributed by atoms with Gasteiger partial charge in [0, 0.05) is 12.1 Å². The van der Waals surface area contributed by atoms with E-state index >= 15 is 0 Å². The normalized spacial score (nSPS) is 11.8. The number of amides is 2. The summed E-state index contributed by atoms with van der Waals surface area (Å²) in [7, 11) is 1.22. The van der Waals surface area contributed by atoms with Gasteiger partial charge < -0.3 is 24.6 Å². The Kier molecular flexibility index (Phi) is 9.44. The van der Waals surface area contributed by atoms with Gasteiger partial charge in [-0.3, -0.25) is 5.32 Å². The lowest BCUT2D eigenvalue weighted by atomic mass is 9.97. The number of aryl methyl sites for hydroxylation is 1. The summed E-state index contributed by atoms with van der Waals surface area (Å²) >= 11 is 0. The van der Waals surface area contributed by atoms with Crippen LogP contribution in [-0.4, -0.2) is 42.0 Å². The maximum atomic E-state index is 12.3. The number of esters is 1. The van der Waals surface area contributed by atoms with Crippen LogP contribution in [0.15, 0.2) is 42.5 Å². The first-order valence-electron chi connectivity index (χ1n) is 10.8. The third-order valence-corrected chi connectivity index (χ3v) is 4.77. The van der Waals surface area contributed by atoms with Crippen LogP contribution in [-0.2, 0) is 38.6 Å². The van der Waals surface area contributed by atoms with Crippen LogP contribution in [0.3, 0.4) is 0 Å². The lowest BCUT2D eigenvalue weighted by Crippen LogP contribution is -2.43. The molecule has 2 rings (SSSR count). The fourth-order valence-corrected chi connectivity index (χ4v) is 3.16. The molecule has 2 amide bonds. The van der Waals surface area contributed by atoms with Gasteiger partial charge in [-0.25, -0.2) is 14.4 Å². The zero-order valence-electron chi connectivity index (χ0n) is 20.1. The number of benzene rings is 2. The van der Waals surface area contributed by atoms with Crippen molar-refractivity contribution >= 4 is 23.8 Å². The fourth-order valence-electron chi connectivity index (χ4n) is 3.16. The van der Waals surface area contributed by atoms with Crippen molar-refractivity contribution in [2.45, 2.75) is 59.0 Å². The molecular formula is C25H32N2O7. The largest absolute Gasteiger partial charge is 0.467 e. The first-order valence-corrected chi connectivity index (χ1v) is 10.8. The van der Waals surface area contributed by atoms with Crippen LogP contribution in [0.5, 0.6) is 0 Å². The summed E-state index contributed by atoms with van der Waals surface area (Å²) < 4.78 is 15.3. The minimum atomic E-state index is -1.04. The lowest BCUT2D eigenvalue weighted by Gasteiger charge is -2.22. The van der Waals surface area contributed by atoms with Crippen molar-refractivity contribution in [3.05, 3.63) is 64.7 Å². The molecule has 0 fully saturated rings. The SMILES string of the molecule is COC(=O)[C@@H](Cc1cc(C)c(NC(=O)OC(C)(C)C)cc1CO)NC(=O)OCc1ccccc1. The fraction of sp³-hybridized carbons (Fsp3) is 0.400. The van der Waals surface area contributed by atoms with Crippen LogP contribution in [0.2, 0.25) is 0 Å². The van der Waals surface area contributed by atoms with Gasteiger partial charge in [0.15, 0.2) is 0 Å². The van der Waals surface area contributed by atoms with Gasteiger partial charge >= 0.3 is 18.2 Å². The molecule has 0 saturated heterocycles. The molecule has 34 heavy (non-hydrogen) atoms. The van der Waals surface area contributed by atoms with Crippen LogP contribution >= 0.6 is 0 Å². The number of alkyl carbamates (subject to hydrolysis) is 1. The Bertz CT molecular complexity index is 1000. The minimum Gasteiger partial charge on any atom is -0.467 e. The second-order valence-electron chi connectivity index (χ2n) is 8.71. The third-order valence-electron chi connectivity index (χ3n) is 4.77. The Balaban J connectivity index is 2.14. The Hall–Kier alpha value is -3.59. The van der Waals surface area contributed by atoms with Gasteiger partial charge in [0.2, 0.25) is 0 Å². The Labute approximate surface area is 199 Å². The number of aliphatic hydroxyl groups excluding tert-OH is 1. The van der Waals surface area contributed by atoms with Gasteiger partial charge in [0.25, 0.3) is 0 Å². The van der Waals surface area contributed by atoms with E-state index in [9.17, 15) is 19.5 Å². The Morgan fingerprint density at radius 2 is 1.71 bits per heavy atom. The summed E-state index contributed by atoms with van der Waals surface area (Å²) in [5.41, 5.74) is 2.38. The van der Waals surface area contributed by atoms with Crippen molar-refractivity contribution in [3.63, 3.8) is 0 Å². The van der Waals surface area contributed by atoms with E-state index in [-0.39, 0.29) is 19.6 Å². The van der Waals surface area contributed by atoms with Gasteiger partial charge in [-0.1, -0.05) is 36.4 Å². The van der Waals surface area contributed by atoms with Gasteiger partial charge in [0.1, 0.15) is 18.2 Å². The van der Waals surface area contributed by atoms with Crippen LogP contribution in [0, 0.1) is 6.92 Å². The Morgan fingerprint density at radius 3 is 2.29 bits per heavy atom. The summed E-state index contributed by atoms with van der Waals surface area (Å²) in [4.78, 5) is 36.8. The smallest absolute Gasteiger partial charge is 0.412 e. The Morgan fingerprint density at radius 1 is 1.03 bits per heavy atom. The highest BCUT2D eigenvalue weighted by Gasteiger charge is 2.25. The van der Waals surface area contributed by atoms with Crippen LogP contribution in [0.4, 0.5) is 15.3 Å². The molecule has 9 heteroatoms. The maximum Gasteiger partial charge on any atom is 0.412 e. The standard InChI is InChI=1S/C25H32N2O7/c1-16-11-18(19(14-28)13-20(16)26-24(31)34-25(2,3)4)12-21(22(29)32-5)27-23(30)33-15-17-9-7-6-8-10-17/h6-11,13,21,28H,12,14-15H2,1-5H3,(H,26,31)(H,27,30)/t21-/m1/s1. The number of ether oxygens (including phenoxy) is 3. The number of nitrogens with one attached hydrogen (secondary N) is 2. The van der Waals surface area contributed by atoms with Crippen molar-refractivity contribution < 1.29 is 33.7 Å². The highest BCUT2D eigenvalue weighted by atomic mass is 16.6. The molecule has 0 radical (unpaired) electrons. The van der Waals surface area contributed by atoms with E-state index in [1.165, 1.54) is 7.11 Å². The van der Waals surface area contributed by atoms with E-state index in [4.69, 9.17) is 14.2 Å². The minimum absolute atomic E-state index is 0.0482. The van der Waals surface area contributed by atoms with Crippen molar-refractivity contribution in [2.75, 3.05) is 12.4 Å². The number of aliphatic hydroxyl groups is 1. The zero-order chi connectivity index (χ0) is 25.3. The van der Waals surface area contributed by atoms with E-state index in [1.54, 1.807) is 39.8 Å². The summed E-state index contributed by atoms with van der Waals surface area (Å²) in [6.07, 6.45) is -1.34. The topological polar surface area (TPSA) is 123 Å². The third kappa shape index (κ3) is 8.40. The number of carbonyl (C=O) groups excluding carboxylic acids is 3. The molecule has 0 heterocycles. The molecule has 0 spiro atoms. The number of methoxy groups -OCH3 is 1. The maximum absolute atomic E-state index is 12.3. The molecule has 0 saturated carbocycles. The first kappa shape index (κ1) is 26.7. The molecule has 9 nitrogen and oxygen atoms in total.